The maximum atomic E-state index is 11.2. The third-order valence-electron chi connectivity index (χ3n) is 2.76. The Morgan fingerprint density at radius 2 is 2.35 bits per heavy atom. The highest BCUT2D eigenvalue weighted by atomic mass is 32.1. The molecular weight excluding hydrogens is 238 g/mol. The van der Waals surface area contributed by atoms with Crippen LogP contribution in [0.1, 0.15) is 42.9 Å². The van der Waals surface area contributed by atoms with Gasteiger partial charge in [0.1, 0.15) is 5.01 Å². The van der Waals surface area contributed by atoms with Crippen LogP contribution in [-0.4, -0.2) is 25.7 Å². The van der Waals surface area contributed by atoms with Crippen molar-refractivity contribution in [2.24, 2.45) is 0 Å². The Labute approximate surface area is 102 Å². The molecule has 1 aliphatic carbocycles. The van der Waals surface area contributed by atoms with Crippen LogP contribution >= 0.6 is 11.3 Å². The van der Waals surface area contributed by atoms with Gasteiger partial charge in [-0.05, 0) is 12.8 Å². The molecular formula is C10H13N5OS. The van der Waals surface area contributed by atoms with Crippen molar-refractivity contribution >= 4 is 22.2 Å². The fourth-order valence-corrected chi connectivity index (χ4v) is 2.42. The summed E-state index contributed by atoms with van der Waals surface area (Å²) in [5, 5.41) is 16.4. The second-order valence-corrected chi connectivity index (χ2v) is 5.19. The smallest absolute Gasteiger partial charge is 0.234 e. The van der Waals surface area contributed by atoms with Crippen LogP contribution in [0.15, 0.2) is 0 Å². The maximum absolute atomic E-state index is 11.2. The molecule has 2 aromatic rings. The van der Waals surface area contributed by atoms with Crippen LogP contribution in [0, 0.1) is 0 Å². The average molecular weight is 251 g/mol. The number of rotatable bonds is 4. The lowest BCUT2D eigenvalue weighted by Crippen LogP contribution is -2.21. The van der Waals surface area contributed by atoms with Crippen LogP contribution in [0.5, 0.6) is 0 Å². The Kier molecular flexibility index (Phi) is 2.54. The Bertz CT molecular complexity index is 556. The van der Waals surface area contributed by atoms with Gasteiger partial charge >= 0.3 is 0 Å². The lowest BCUT2D eigenvalue weighted by Gasteiger charge is -1.98. The van der Waals surface area contributed by atoms with Crippen molar-refractivity contribution in [2.75, 3.05) is 0 Å². The van der Waals surface area contributed by atoms with Gasteiger partial charge in [-0.25, -0.2) is 0 Å². The van der Waals surface area contributed by atoms with Gasteiger partial charge in [-0.3, -0.25) is 4.79 Å². The highest BCUT2D eigenvalue weighted by Crippen LogP contribution is 2.39. The summed E-state index contributed by atoms with van der Waals surface area (Å²) in [6.07, 6.45) is 2.86. The summed E-state index contributed by atoms with van der Waals surface area (Å²) in [7, 11) is 0. The van der Waals surface area contributed by atoms with E-state index in [-0.39, 0.29) is 5.91 Å². The number of hydrogen-bond acceptors (Lipinski definition) is 5. The van der Waals surface area contributed by atoms with Crippen molar-refractivity contribution in [2.45, 2.75) is 38.6 Å². The molecule has 3 rings (SSSR count). The molecule has 0 aromatic carbocycles. The van der Waals surface area contributed by atoms with Crippen molar-refractivity contribution in [1.29, 1.82) is 0 Å². The minimum atomic E-state index is 0.0402. The molecule has 1 saturated carbocycles. The molecule has 0 radical (unpaired) electrons. The molecule has 1 amide bonds. The van der Waals surface area contributed by atoms with Gasteiger partial charge in [0.25, 0.3) is 0 Å². The van der Waals surface area contributed by atoms with Crippen molar-refractivity contribution < 1.29 is 4.79 Å². The lowest BCUT2D eigenvalue weighted by atomic mass is 10.4. The molecule has 6 nitrogen and oxygen atoms in total. The van der Waals surface area contributed by atoms with Crippen molar-refractivity contribution in [3.63, 3.8) is 0 Å². The van der Waals surface area contributed by atoms with Gasteiger partial charge in [-0.1, -0.05) is 18.3 Å². The summed E-state index contributed by atoms with van der Waals surface area (Å²) in [5.41, 5.74) is 0. The van der Waals surface area contributed by atoms with Crippen LogP contribution < -0.4 is 5.32 Å². The van der Waals surface area contributed by atoms with Crippen LogP contribution in [0.3, 0.4) is 0 Å². The van der Waals surface area contributed by atoms with Gasteiger partial charge in [0.05, 0.1) is 6.54 Å². The minimum Gasteiger partial charge on any atom is -0.350 e. The second-order valence-electron chi connectivity index (χ2n) is 4.15. The summed E-state index contributed by atoms with van der Waals surface area (Å²) in [6.45, 7) is 2.31. The van der Waals surface area contributed by atoms with Crippen LogP contribution in [0.4, 0.5) is 0 Å². The fourth-order valence-electron chi connectivity index (χ4n) is 1.64. The third-order valence-corrected chi connectivity index (χ3v) is 3.66. The number of aromatic nitrogens is 4. The fraction of sp³-hybridized carbons (Fsp3) is 0.600. The number of carbonyl (C=O) groups excluding carboxylic acids is 1. The molecule has 1 aliphatic rings. The first kappa shape index (κ1) is 10.6. The van der Waals surface area contributed by atoms with E-state index < -0.39 is 0 Å². The standard InChI is InChI=1S/C10H13N5OS/c1-2-7(16)11-5-8-14-15-9(6-3-4-6)12-13-10(15)17-8/h6H,2-5H2,1H3,(H,11,16). The van der Waals surface area contributed by atoms with E-state index in [9.17, 15) is 4.79 Å². The van der Waals surface area contributed by atoms with Gasteiger partial charge in [-0.15, -0.1) is 10.2 Å². The molecule has 90 valence electrons. The first-order valence-electron chi connectivity index (χ1n) is 5.75. The highest BCUT2D eigenvalue weighted by Gasteiger charge is 2.29. The predicted molar refractivity (Wildman–Crippen MR) is 62.8 cm³/mol. The predicted octanol–water partition coefficient (Wildman–Crippen LogP) is 1.09. The molecule has 7 heteroatoms. The molecule has 0 atom stereocenters. The van der Waals surface area contributed by atoms with E-state index >= 15 is 0 Å². The van der Waals surface area contributed by atoms with Gasteiger partial charge in [0.2, 0.25) is 10.9 Å². The summed E-state index contributed by atoms with van der Waals surface area (Å²) < 4.78 is 1.82. The van der Waals surface area contributed by atoms with E-state index in [0.29, 0.717) is 18.9 Å². The largest absolute Gasteiger partial charge is 0.350 e. The van der Waals surface area contributed by atoms with E-state index in [0.717, 1.165) is 15.8 Å². The van der Waals surface area contributed by atoms with Gasteiger partial charge in [0, 0.05) is 12.3 Å². The Balaban J connectivity index is 1.79. The van der Waals surface area contributed by atoms with Crippen LogP contribution in [0.25, 0.3) is 4.96 Å². The third kappa shape index (κ3) is 2.02. The Morgan fingerprint density at radius 3 is 3.06 bits per heavy atom. The number of nitrogens with zero attached hydrogens (tertiary/aromatic N) is 4. The van der Waals surface area contributed by atoms with Gasteiger partial charge in [0.15, 0.2) is 5.82 Å². The summed E-state index contributed by atoms with van der Waals surface area (Å²) >= 11 is 1.48. The number of fused-ring (bicyclic) bond motifs is 1. The normalized spacial score (nSPS) is 15.4. The second kappa shape index (κ2) is 4.06. The number of nitrogens with one attached hydrogen (secondary N) is 1. The Morgan fingerprint density at radius 1 is 1.53 bits per heavy atom. The topological polar surface area (TPSA) is 72.2 Å². The highest BCUT2D eigenvalue weighted by molar-refractivity contribution is 7.16. The van der Waals surface area contributed by atoms with Crippen molar-refractivity contribution in [3.8, 4) is 0 Å². The minimum absolute atomic E-state index is 0.0402. The van der Waals surface area contributed by atoms with E-state index in [2.05, 4.69) is 20.6 Å². The number of amides is 1. The summed E-state index contributed by atoms with van der Waals surface area (Å²) in [6, 6.07) is 0. The summed E-state index contributed by atoms with van der Waals surface area (Å²) in [5.74, 6) is 1.54. The van der Waals surface area contributed by atoms with E-state index in [1.807, 2.05) is 11.4 Å². The molecule has 0 bridgehead atoms. The monoisotopic (exact) mass is 251 g/mol. The lowest BCUT2D eigenvalue weighted by molar-refractivity contribution is -0.120. The van der Waals surface area contributed by atoms with Gasteiger partial charge in [-0.2, -0.15) is 9.61 Å². The molecule has 2 heterocycles. The first-order valence-corrected chi connectivity index (χ1v) is 6.57. The molecule has 1 N–H and O–H groups in total. The SMILES string of the molecule is CCC(=O)NCc1nn2c(C3CC3)nnc2s1. The summed E-state index contributed by atoms with van der Waals surface area (Å²) in [4.78, 5) is 12.0. The molecule has 0 aliphatic heterocycles. The molecule has 0 unspecified atom stereocenters. The molecule has 0 spiro atoms. The van der Waals surface area contributed by atoms with Crippen LogP contribution in [0.2, 0.25) is 0 Å². The van der Waals surface area contributed by atoms with Crippen LogP contribution in [-0.2, 0) is 11.3 Å². The van der Waals surface area contributed by atoms with Crippen molar-refractivity contribution in [3.05, 3.63) is 10.8 Å². The first-order chi connectivity index (χ1) is 8.28. The molecule has 2 aromatic heterocycles. The quantitative estimate of drug-likeness (QED) is 0.883. The molecule has 0 saturated heterocycles. The van der Waals surface area contributed by atoms with E-state index in [1.54, 1.807) is 0 Å². The molecule has 17 heavy (non-hydrogen) atoms. The Hall–Kier alpha value is -1.50. The van der Waals surface area contributed by atoms with Crippen molar-refractivity contribution in [1.82, 2.24) is 25.1 Å². The zero-order valence-electron chi connectivity index (χ0n) is 9.51. The maximum Gasteiger partial charge on any atom is 0.234 e. The number of hydrogen-bond donors (Lipinski definition) is 1. The average Bonchev–Trinajstić information content (AvgIpc) is 2.97. The van der Waals surface area contributed by atoms with Gasteiger partial charge < -0.3 is 5.32 Å². The van der Waals surface area contributed by atoms with E-state index in [4.69, 9.17) is 0 Å². The van der Waals surface area contributed by atoms with E-state index in [1.165, 1.54) is 24.2 Å². The zero-order valence-corrected chi connectivity index (χ0v) is 10.3. The number of carbonyl (C=O) groups is 1. The zero-order chi connectivity index (χ0) is 11.8. The molecule has 1 fully saturated rings.